The van der Waals surface area contributed by atoms with E-state index in [4.69, 9.17) is 0 Å². The minimum absolute atomic E-state index is 0. The molecule has 0 saturated heterocycles. The normalized spacial score (nSPS) is 9.36. The molecule has 0 aliphatic rings. The van der Waals surface area contributed by atoms with Crippen LogP contribution >= 0.6 is 0 Å². The number of benzene rings is 2. The van der Waals surface area contributed by atoms with Gasteiger partial charge in [-0.2, -0.15) is 11.1 Å². The molecule has 4 aromatic rings. The predicted molar refractivity (Wildman–Crippen MR) is 108 cm³/mol. The maximum atomic E-state index is 2.26. The molecule has 0 N–H and O–H groups in total. The summed E-state index contributed by atoms with van der Waals surface area (Å²) < 4.78 is 0. The average molecular weight is 481 g/mol. The average Bonchev–Trinajstić information content (AvgIpc) is 2.99. The number of rotatable bonds is 0. The third-order valence-corrected chi connectivity index (χ3v) is 5.29. The SMILES string of the molecule is Cc1[cH-]c2cccc(C)c2c1C.Cc1[cH-]c2cccc(C)c2c1C.[Cl-].[Cl-].[Ti+2].[Ti+2]. The molecule has 0 aliphatic carbocycles. The molecule has 0 spiro atoms. The van der Waals surface area contributed by atoms with E-state index in [2.05, 4.69) is 90.1 Å². The molecule has 0 bridgehead atoms. The Kier molecular flexibility index (Phi) is 13.2. The van der Waals surface area contributed by atoms with Crippen molar-refractivity contribution in [2.24, 2.45) is 0 Å². The molecule has 4 aromatic carbocycles. The van der Waals surface area contributed by atoms with Crippen molar-refractivity contribution in [3.05, 3.63) is 81.9 Å². The zero-order valence-corrected chi connectivity index (χ0v) is 22.0. The largest absolute Gasteiger partial charge is 2.00 e. The van der Waals surface area contributed by atoms with Gasteiger partial charge in [-0.15, -0.1) is 69.1 Å². The Bertz CT molecular complexity index is 942. The van der Waals surface area contributed by atoms with Gasteiger partial charge in [-0.05, 0) is 13.8 Å². The van der Waals surface area contributed by atoms with E-state index in [0.717, 1.165) is 0 Å². The topological polar surface area (TPSA) is 0 Å². The van der Waals surface area contributed by atoms with Crippen LogP contribution in [0, 0.1) is 41.5 Å². The molecular weight excluding hydrogens is 455 g/mol. The van der Waals surface area contributed by atoms with Crippen LogP contribution < -0.4 is 24.8 Å². The molecular formula is C24H26Cl2Ti2. The van der Waals surface area contributed by atoms with Crippen LogP contribution in [0.15, 0.2) is 48.5 Å². The van der Waals surface area contributed by atoms with Crippen molar-refractivity contribution in [2.75, 3.05) is 0 Å². The summed E-state index contributed by atoms with van der Waals surface area (Å²) in [6.45, 7) is 13.1. The van der Waals surface area contributed by atoms with Crippen LogP contribution in [-0.2, 0) is 43.4 Å². The standard InChI is InChI=1S/2C12H13.2ClH.2Ti/c2*1-8-5-4-6-11-7-9(2)10(3)12(8)11;;;;/h2*4-7H,1-3H3;2*1H;;/q2*-1;;;2*+2/p-2. The summed E-state index contributed by atoms with van der Waals surface area (Å²) in [5, 5.41) is 5.64. The summed E-state index contributed by atoms with van der Waals surface area (Å²) in [5.74, 6) is 0. The third-order valence-electron chi connectivity index (χ3n) is 5.29. The molecule has 144 valence electrons. The van der Waals surface area contributed by atoms with Gasteiger partial charge in [-0.3, -0.25) is 0 Å². The van der Waals surface area contributed by atoms with Gasteiger partial charge in [0, 0.05) is 0 Å². The first-order valence-corrected chi connectivity index (χ1v) is 8.64. The predicted octanol–water partition coefficient (Wildman–Crippen LogP) is 0.971. The van der Waals surface area contributed by atoms with E-state index in [-0.39, 0.29) is 68.2 Å². The summed E-state index contributed by atoms with van der Waals surface area (Å²) in [7, 11) is 0. The number of fused-ring (bicyclic) bond motifs is 2. The molecule has 0 aromatic heterocycles. The quantitative estimate of drug-likeness (QED) is 0.260. The minimum atomic E-state index is 0. The maximum absolute atomic E-state index is 2.26. The van der Waals surface area contributed by atoms with Gasteiger partial charge < -0.3 is 24.8 Å². The first-order chi connectivity index (χ1) is 11.4. The maximum Gasteiger partial charge on any atom is 2.00 e. The van der Waals surface area contributed by atoms with E-state index in [1.807, 2.05) is 0 Å². The summed E-state index contributed by atoms with van der Waals surface area (Å²) in [6.07, 6.45) is 0. The molecule has 0 aliphatic heterocycles. The second-order valence-electron chi connectivity index (χ2n) is 6.98. The van der Waals surface area contributed by atoms with Crippen LogP contribution in [0.2, 0.25) is 0 Å². The Hall–Kier alpha value is -0.331. The van der Waals surface area contributed by atoms with Crippen molar-refractivity contribution in [3.8, 4) is 0 Å². The van der Waals surface area contributed by atoms with Gasteiger partial charge in [0.2, 0.25) is 0 Å². The van der Waals surface area contributed by atoms with Crippen molar-refractivity contribution < 1.29 is 68.2 Å². The van der Waals surface area contributed by atoms with E-state index < -0.39 is 0 Å². The first kappa shape index (κ1) is 29.9. The smallest absolute Gasteiger partial charge is 1.00 e. The summed E-state index contributed by atoms with van der Waals surface area (Å²) in [6, 6.07) is 17.5. The van der Waals surface area contributed by atoms with Gasteiger partial charge in [0.25, 0.3) is 0 Å². The van der Waals surface area contributed by atoms with Gasteiger partial charge in [0.15, 0.2) is 0 Å². The molecule has 0 fully saturated rings. The Morgan fingerprint density at radius 2 is 0.857 bits per heavy atom. The van der Waals surface area contributed by atoms with E-state index in [1.54, 1.807) is 0 Å². The van der Waals surface area contributed by atoms with Crippen molar-refractivity contribution in [1.82, 2.24) is 0 Å². The molecule has 28 heavy (non-hydrogen) atoms. The van der Waals surface area contributed by atoms with Gasteiger partial charge >= 0.3 is 43.4 Å². The molecule has 0 radical (unpaired) electrons. The van der Waals surface area contributed by atoms with Crippen molar-refractivity contribution in [2.45, 2.75) is 41.5 Å². The Labute approximate surface area is 211 Å². The second-order valence-corrected chi connectivity index (χ2v) is 6.98. The molecule has 0 heterocycles. The summed E-state index contributed by atoms with van der Waals surface area (Å²) in [5.41, 5.74) is 8.45. The Morgan fingerprint density at radius 1 is 0.536 bits per heavy atom. The zero-order chi connectivity index (χ0) is 17.4. The fourth-order valence-electron chi connectivity index (χ4n) is 3.72. The van der Waals surface area contributed by atoms with Crippen molar-refractivity contribution in [1.29, 1.82) is 0 Å². The fraction of sp³-hybridized carbons (Fsp3) is 0.250. The first-order valence-electron chi connectivity index (χ1n) is 8.64. The van der Waals surface area contributed by atoms with Crippen LogP contribution in [0.4, 0.5) is 0 Å². The Morgan fingerprint density at radius 3 is 1.14 bits per heavy atom. The van der Waals surface area contributed by atoms with Crippen LogP contribution in [-0.4, -0.2) is 0 Å². The van der Waals surface area contributed by atoms with E-state index in [1.165, 1.54) is 54.9 Å². The van der Waals surface area contributed by atoms with Gasteiger partial charge in [-0.25, -0.2) is 0 Å². The minimum Gasteiger partial charge on any atom is -1.00 e. The zero-order valence-electron chi connectivity index (χ0n) is 17.4. The van der Waals surface area contributed by atoms with Crippen LogP contribution in [0.5, 0.6) is 0 Å². The molecule has 0 atom stereocenters. The van der Waals surface area contributed by atoms with Crippen LogP contribution in [0.1, 0.15) is 33.4 Å². The fourth-order valence-corrected chi connectivity index (χ4v) is 3.72. The monoisotopic (exact) mass is 480 g/mol. The number of halogens is 2. The molecule has 4 rings (SSSR count). The number of hydrogen-bond acceptors (Lipinski definition) is 0. The van der Waals surface area contributed by atoms with Crippen LogP contribution in [0.3, 0.4) is 0 Å². The van der Waals surface area contributed by atoms with E-state index in [9.17, 15) is 0 Å². The number of hydrogen-bond donors (Lipinski definition) is 0. The van der Waals surface area contributed by atoms with Gasteiger partial charge in [0.1, 0.15) is 0 Å². The summed E-state index contributed by atoms with van der Waals surface area (Å²) >= 11 is 0. The van der Waals surface area contributed by atoms with Gasteiger partial charge in [0.05, 0.1) is 0 Å². The third kappa shape index (κ3) is 5.85. The Balaban J connectivity index is 0. The van der Waals surface area contributed by atoms with E-state index in [0.29, 0.717) is 0 Å². The van der Waals surface area contributed by atoms with Crippen molar-refractivity contribution in [3.63, 3.8) is 0 Å². The molecule has 0 nitrogen and oxygen atoms in total. The second kappa shape index (κ2) is 12.4. The molecule has 0 unspecified atom stereocenters. The van der Waals surface area contributed by atoms with Crippen LogP contribution in [0.25, 0.3) is 21.5 Å². The van der Waals surface area contributed by atoms with Gasteiger partial charge in [-0.1, -0.05) is 51.0 Å². The number of aryl methyl sites for hydroxylation is 6. The van der Waals surface area contributed by atoms with E-state index >= 15 is 0 Å². The molecule has 0 saturated carbocycles. The van der Waals surface area contributed by atoms with Crippen molar-refractivity contribution >= 4 is 21.5 Å². The molecule has 4 heteroatoms. The summed E-state index contributed by atoms with van der Waals surface area (Å²) in [4.78, 5) is 0. The molecule has 0 amide bonds.